The summed E-state index contributed by atoms with van der Waals surface area (Å²) in [6.07, 6.45) is 4.55. The largest absolute Gasteiger partial charge is 0.496 e. The number of carbonyl (C=O) groups excluding carboxylic acids is 2. The molecule has 2 amide bonds. The van der Waals surface area contributed by atoms with Gasteiger partial charge < -0.3 is 30.4 Å². The molecule has 0 radical (unpaired) electrons. The van der Waals surface area contributed by atoms with Gasteiger partial charge in [-0.3, -0.25) is 9.59 Å². The van der Waals surface area contributed by atoms with Crippen molar-refractivity contribution in [2.24, 2.45) is 11.1 Å². The Balaban J connectivity index is 1.49. The standard InChI is InChI=1S/C26H30N4O4/c1-33-22-6-4-3-5-21(22)24(31)29-12-9-26(10-13-29)11-14-30(25(26)32)19-7-8-20(18(16-27)17-28)23(15-19)34-2/h3-8,15-17,27H,9-14,28H2,1-2H3/b18-17+,27-16?. The SMILES string of the molecule is COc1ccccc1C(=O)N1CCC2(CC1)CCN(c1ccc(/C(C=N)=C/N)c(OC)c1)C2=O. The topological polar surface area (TPSA) is 109 Å². The molecule has 0 bridgehead atoms. The number of hydrogen-bond donors (Lipinski definition) is 2. The summed E-state index contributed by atoms with van der Waals surface area (Å²) in [5, 5.41) is 7.55. The van der Waals surface area contributed by atoms with E-state index >= 15 is 0 Å². The normalized spacial score (nSPS) is 17.7. The van der Waals surface area contributed by atoms with Crippen LogP contribution in [-0.4, -0.2) is 56.8 Å². The number of nitrogens with zero attached hydrogens (tertiary/aromatic N) is 2. The first-order valence-corrected chi connectivity index (χ1v) is 11.3. The van der Waals surface area contributed by atoms with Crippen LogP contribution in [0.4, 0.5) is 5.69 Å². The number of benzene rings is 2. The molecular weight excluding hydrogens is 432 g/mol. The number of allylic oxidation sites excluding steroid dienone is 1. The highest BCUT2D eigenvalue weighted by molar-refractivity contribution is 6.09. The summed E-state index contributed by atoms with van der Waals surface area (Å²) in [5.41, 5.74) is 7.72. The second kappa shape index (κ2) is 9.59. The Hall–Kier alpha value is -3.81. The zero-order chi connectivity index (χ0) is 24.3. The van der Waals surface area contributed by atoms with Crippen molar-refractivity contribution in [2.45, 2.75) is 19.3 Å². The lowest BCUT2D eigenvalue weighted by Crippen LogP contribution is -2.46. The van der Waals surface area contributed by atoms with Gasteiger partial charge in [0, 0.05) is 54.9 Å². The summed E-state index contributed by atoms with van der Waals surface area (Å²) in [6.45, 7) is 1.68. The first kappa shape index (κ1) is 23.4. The Kier molecular flexibility index (Phi) is 6.58. The fourth-order valence-electron chi connectivity index (χ4n) is 4.96. The van der Waals surface area contributed by atoms with Gasteiger partial charge in [0.1, 0.15) is 11.5 Å². The maximum Gasteiger partial charge on any atom is 0.257 e. The highest BCUT2D eigenvalue weighted by Crippen LogP contribution is 2.44. The Morgan fingerprint density at radius 3 is 2.32 bits per heavy atom. The smallest absolute Gasteiger partial charge is 0.257 e. The molecule has 2 aromatic carbocycles. The van der Waals surface area contributed by atoms with E-state index in [0.29, 0.717) is 60.7 Å². The molecule has 2 aliphatic heterocycles. The molecule has 2 aromatic rings. The van der Waals surface area contributed by atoms with Gasteiger partial charge in [-0.25, -0.2) is 0 Å². The van der Waals surface area contributed by atoms with Gasteiger partial charge in [-0.15, -0.1) is 0 Å². The Labute approximate surface area is 199 Å². The van der Waals surface area contributed by atoms with Crippen molar-refractivity contribution in [1.29, 1.82) is 5.41 Å². The van der Waals surface area contributed by atoms with E-state index in [2.05, 4.69) is 0 Å². The van der Waals surface area contributed by atoms with Crippen LogP contribution < -0.4 is 20.1 Å². The Bertz CT molecular complexity index is 1140. The number of nitrogens with two attached hydrogens (primary N) is 1. The van der Waals surface area contributed by atoms with E-state index in [4.69, 9.17) is 20.6 Å². The van der Waals surface area contributed by atoms with E-state index in [1.807, 2.05) is 35.2 Å². The van der Waals surface area contributed by atoms with Crippen molar-refractivity contribution >= 4 is 29.3 Å². The van der Waals surface area contributed by atoms with Crippen molar-refractivity contribution < 1.29 is 19.1 Å². The monoisotopic (exact) mass is 462 g/mol. The lowest BCUT2D eigenvalue weighted by molar-refractivity contribution is -0.127. The minimum absolute atomic E-state index is 0.0649. The van der Waals surface area contributed by atoms with Crippen molar-refractivity contribution in [3.05, 3.63) is 59.8 Å². The van der Waals surface area contributed by atoms with Gasteiger partial charge in [-0.1, -0.05) is 12.1 Å². The number of para-hydroxylation sites is 1. The van der Waals surface area contributed by atoms with Gasteiger partial charge in [0.2, 0.25) is 5.91 Å². The highest BCUT2D eigenvalue weighted by Gasteiger charge is 2.49. The molecule has 8 heteroatoms. The average molecular weight is 463 g/mol. The number of nitrogens with one attached hydrogen (secondary N) is 1. The second-order valence-electron chi connectivity index (χ2n) is 8.63. The molecule has 2 saturated heterocycles. The molecule has 0 saturated carbocycles. The molecule has 0 unspecified atom stereocenters. The third-order valence-corrected chi connectivity index (χ3v) is 7.00. The van der Waals surface area contributed by atoms with Crippen molar-refractivity contribution in [2.75, 3.05) is 38.8 Å². The summed E-state index contributed by atoms with van der Waals surface area (Å²) in [5.74, 6) is 1.14. The fourth-order valence-corrected chi connectivity index (χ4v) is 4.96. The molecular formula is C26H30N4O4. The lowest BCUT2D eigenvalue weighted by atomic mass is 9.77. The highest BCUT2D eigenvalue weighted by atomic mass is 16.5. The predicted molar refractivity (Wildman–Crippen MR) is 131 cm³/mol. The van der Waals surface area contributed by atoms with Gasteiger partial charge in [0.05, 0.1) is 25.2 Å². The van der Waals surface area contributed by atoms with Gasteiger partial charge in [-0.2, -0.15) is 0 Å². The van der Waals surface area contributed by atoms with E-state index in [0.717, 1.165) is 12.1 Å². The molecule has 2 aliphatic rings. The first-order chi connectivity index (χ1) is 16.5. The van der Waals surface area contributed by atoms with Crippen molar-refractivity contribution in [3.63, 3.8) is 0 Å². The number of amides is 2. The third-order valence-electron chi connectivity index (χ3n) is 7.00. The van der Waals surface area contributed by atoms with E-state index in [1.54, 1.807) is 31.3 Å². The number of anilines is 1. The van der Waals surface area contributed by atoms with Crippen LogP contribution in [0.25, 0.3) is 5.57 Å². The number of rotatable bonds is 6. The van der Waals surface area contributed by atoms with E-state index in [9.17, 15) is 9.59 Å². The predicted octanol–water partition coefficient (Wildman–Crippen LogP) is 3.31. The molecule has 1 spiro atoms. The number of piperidine rings is 1. The number of methoxy groups -OCH3 is 2. The molecule has 0 aliphatic carbocycles. The number of ether oxygens (including phenoxy) is 2. The fraction of sp³-hybridized carbons (Fsp3) is 0.346. The minimum atomic E-state index is -0.458. The van der Waals surface area contributed by atoms with E-state index in [1.165, 1.54) is 12.4 Å². The van der Waals surface area contributed by atoms with Crippen LogP contribution in [0.15, 0.2) is 48.7 Å². The van der Waals surface area contributed by atoms with Crippen molar-refractivity contribution in [3.8, 4) is 11.5 Å². The molecule has 3 N–H and O–H groups in total. The van der Waals surface area contributed by atoms with E-state index < -0.39 is 5.41 Å². The zero-order valence-corrected chi connectivity index (χ0v) is 19.5. The van der Waals surface area contributed by atoms with Crippen LogP contribution in [0.1, 0.15) is 35.2 Å². The first-order valence-electron chi connectivity index (χ1n) is 11.3. The summed E-state index contributed by atoms with van der Waals surface area (Å²) in [6, 6.07) is 12.7. The molecule has 8 nitrogen and oxygen atoms in total. The Morgan fingerprint density at radius 1 is 1.00 bits per heavy atom. The maximum atomic E-state index is 13.6. The Morgan fingerprint density at radius 2 is 1.68 bits per heavy atom. The second-order valence-corrected chi connectivity index (χ2v) is 8.63. The molecule has 178 valence electrons. The third kappa shape index (κ3) is 4.00. The molecule has 0 aromatic heterocycles. The van der Waals surface area contributed by atoms with E-state index in [-0.39, 0.29) is 11.8 Å². The molecule has 2 fully saturated rings. The van der Waals surface area contributed by atoms with Crippen LogP contribution in [0, 0.1) is 10.8 Å². The maximum absolute atomic E-state index is 13.6. The summed E-state index contributed by atoms with van der Waals surface area (Å²) in [7, 11) is 3.12. The van der Waals surface area contributed by atoms with Crippen LogP contribution in [0.3, 0.4) is 0 Å². The summed E-state index contributed by atoms with van der Waals surface area (Å²) < 4.78 is 10.9. The molecule has 4 rings (SSSR count). The molecule has 34 heavy (non-hydrogen) atoms. The number of carbonyl (C=O) groups is 2. The van der Waals surface area contributed by atoms with Crippen LogP contribution >= 0.6 is 0 Å². The summed E-state index contributed by atoms with van der Waals surface area (Å²) in [4.78, 5) is 30.2. The minimum Gasteiger partial charge on any atom is -0.496 e. The number of hydrogen-bond acceptors (Lipinski definition) is 6. The van der Waals surface area contributed by atoms with Gasteiger partial charge in [-0.05, 0) is 43.5 Å². The van der Waals surface area contributed by atoms with Crippen LogP contribution in [0.2, 0.25) is 0 Å². The van der Waals surface area contributed by atoms with Gasteiger partial charge in [0.25, 0.3) is 5.91 Å². The molecule has 0 atom stereocenters. The van der Waals surface area contributed by atoms with Crippen LogP contribution in [0.5, 0.6) is 11.5 Å². The molecule has 2 heterocycles. The van der Waals surface area contributed by atoms with Crippen molar-refractivity contribution in [1.82, 2.24) is 4.90 Å². The van der Waals surface area contributed by atoms with Crippen LogP contribution in [-0.2, 0) is 4.79 Å². The quantitative estimate of drug-likeness (QED) is 0.640. The lowest BCUT2D eigenvalue weighted by Gasteiger charge is -2.38. The average Bonchev–Trinajstić information content (AvgIpc) is 3.20. The van der Waals surface area contributed by atoms with Gasteiger partial charge >= 0.3 is 0 Å². The number of likely N-dealkylation sites (tertiary alicyclic amines) is 1. The summed E-state index contributed by atoms with van der Waals surface area (Å²) >= 11 is 0. The zero-order valence-electron chi connectivity index (χ0n) is 19.5. The van der Waals surface area contributed by atoms with Gasteiger partial charge in [0.15, 0.2) is 0 Å².